The van der Waals surface area contributed by atoms with E-state index in [1.54, 1.807) is 0 Å². The van der Waals surface area contributed by atoms with Crippen LogP contribution in [0.3, 0.4) is 0 Å². The van der Waals surface area contributed by atoms with Gasteiger partial charge in [0.1, 0.15) is 0 Å². The number of hydrogen-bond acceptors (Lipinski definition) is 6. The molecule has 0 aromatic carbocycles. The van der Waals surface area contributed by atoms with Crippen LogP contribution in [0.4, 0.5) is 4.79 Å². The number of carbonyl (C=O) groups excluding carboxylic acids is 1. The van der Waals surface area contributed by atoms with Crippen molar-refractivity contribution in [2.24, 2.45) is 11.8 Å². The van der Waals surface area contributed by atoms with Crippen LogP contribution < -0.4 is 0 Å². The predicted octanol–water partition coefficient (Wildman–Crippen LogP) is 7.39. The molecule has 1 saturated heterocycles. The summed E-state index contributed by atoms with van der Waals surface area (Å²) in [4.78, 5) is 22.1. The Hall–Kier alpha value is -0.460. The molecule has 28 heavy (non-hydrogen) atoms. The Labute approximate surface area is 177 Å². The Morgan fingerprint density at radius 2 is 1.54 bits per heavy atom. The van der Waals surface area contributed by atoms with Gasteiger partial charge in [-0.25, -0.2) is 4.79 Å². The Kier molecular flexibility index (Phi) is 11.8. The first-order valence-corrected chi connectivity index (χ1v) is 11.9. The highest BCUT2D eigenvalue weighted by Crippen LogP contribution is 2.44. The average Bonchev–Trinajstić information content (AvgIpc) is 3.43. The molecule has 1 rings (SSSR count). The second-order valence-corrected chi connectivity index (χ2v) is 8.78. The number of thiol groups is 1. The minimum absolute atomic E-state index is 0.0106. The molecule has 1 heterocycles. The molecule has 3 unspecified atom stereocenters. The van der Waals surface area contributed by atoms with Gasteiger partial charge in [0.15, 0.2) is 4.93 Å². The third kappa shape index (κ3) is 7.75. The minimum Gasteiger partial charge on any atom is -0.416 e. The fourth-order valence-electron chi connectivity index (χ4n) is 3.82. The van der Waals surface area contributed by atoms with Crippen LogP contribution in [0.15, 0.2) is 0 Å². The van der Waals surface area contributed by atoms with E-state index in [9.17, 15) is 4.79 Å². The van der Waals surface area contributed by atoms with Gasteiger partial charge in [0.05, 0.1) is 5.92 Å². The minimum atomic E-state index is -1.27. The number of carbonyl (C=O) groups is 1. The van der Waals surface area contributed by atoms with Crippen LogP contribution in [0.5, 0.6) is 0 Å². The van der Waals surface area contributed by atoms with Crippen molar-refractivity contribution in [2.45, 2.75) is 123 Å². The van der Waals surface area contributed by atoms with Gasteiger partial charge in [0.2, 0.25) is 0 Å². The number of ether oxygens (including phenoxy) is 2. The first-order valence-electron chi connectivity index (χ1n) is 11.4. The zero-order chi connectivity index (χ0) is 21.0. The van der Waals surface area contributed by atoms with E-state index in [4.69, 9.17) is 31.9 Å². The van der Waals surface area contributed by atoms with Crippen LogP contribution in [0.1, 0.15) is 112 Å². The van der Waals surface area contributed by atoms with Crippen molar-refractivity contribution >= 4 is 18.8 Å². The maximum Gasteiger partial charge on any atom is 0.514 e. The molecule has 0 saturated carbocycles. The third-order valence-electron chi connectivity index (χ3n) is 5.81. The molecule has 1 aliphatic rings. The first kappa shape index (κ1) is 25.6. The molecule has 0 radical (unpaired) electrons. The van der Waals surface area contributed by atoms with Crippen molar-refractivity contribution in [3.05, 3.63) is 0 Å². The predicted molar refractivity (Wildman–Crippen MR) is 115 cm³/mol. The van der Waals surface area contributed by atoms with Crippen LogP contribution in [0.2, 0.25) is 0 Å². The lowest BCUT2D eigenvalue weighted by molar-refractivity contribution is -0.103. The quantitative estimate of drug-likeness (QED) is 0.0707. The summed E-state index contributed by atoms with van der Waals surface area (Å²) < 4.78 is 11.4. The summed E-state index contributed by atoms with van der Waals surface area (Å²) >= 11 is 4.88. The van der Waals surface area contributed by atoms with E-state index in [0.29, 0.717) is 0 Å². The van der Waals surface area contributed by atoms with Crippen molar-refractivity contribution in [1.82, 2.24) is 0 Å². The first-order chi connectivity index (χ1) is 13.4. The van der Waals surface area contributed by atoms with Gasteiger partial charge in [0, 0.05) is 5.92 Å². The second-order valence-electron chi connectivity index (χ2n) is 8.02. The Morgan fingerprint density at radius 1 is 0.929 bits per heavy atom. The van der Waals surface area contributed by atoms with Crippen molar-refractivity contribution in [2.75, 3.05) is 0 Å². The Morgan fingerprint density at radius 3 is 2.04 bits per heavy atom. The molecule has 0 spiro atoms. The molecule has 1 fully saturated rings. The van der Waals surface area contributed by atoms with Crippen LogP contribution in [0.25, 0.3) is 0 Å². The molecule has 5 nitrogen and oxygen atoms in total. The lowest BCUT2D eigenvalue weighted by atomic mass is 9.89. The topological polar surface area (TPSA) is 60.6 Å². The largest absolute Gasteiger partial charge is 0.514 e. The van der Waals surface area contributed by atoms with Gasteiger partial charge < -0.3 is 9.47 Å². The average molecular weight is 419 g/mol. The van der Waals surface area contributed by atoms with Crippen LogP contribution >= 0.6 is 12.6 Å². The molecule has 0 aliphatic carbocycles. The summed E-state index contributed by atoms with van der Waals surface area (Å²) in [7, 11) is 0. The van der Waals surface area contributed by atoms with Crippen molar-refractivity contribution < 1.29 is 24.0 Å². The van der Waals surface area contributed by atoms with E-state index in [1.165, 1.54) is 0 Å². The highest BCUT2D eigenvalue weighted by molar-refractivity contribution is 7.81. The smallest absolute Gasteiger partial charge is 0.416 e. The molecule has 6 heteroatoms. The normalized spacial score (nSPS) is 19.5. The third-order valence-corrected chi connectivity index (χ3v) is 6.49. The zero-order valence-electron chi connectivity index (χ0n) is 18.6. The van der Waals surface area contributed by atoms with Gasteiger partial charge in [-0.1, -0.05) is 73.1 Å². The molecule has 0 N–H and O–H groups in total. The van der Waals surface area contributed by atoms with Crippen molar-refractivity contribution in [3.63, 3.8) is 0 Å². The standard InChI is InChI=1S/C22H42O5S/c1-6-11-14-17-21(28,18(9-4)15-12-7-2)24-20(23)25-22(26-27-22)19(10-5)16-13-8-3/h18-19,28H,6-17H2,1-5H3. The number of hydrogen-bond donors (Lipinski definition) is 1. The SMILES string of the molecule is CCCCCC(S)(OC(=O)OC1(C(CC)CCCC)OO1)C(CC)CCCC. The van der Waals surface area contributed by atoms with Crippen molar-refractivity contribution in [1.29, 1.82) is 0 Å². The van der Waals surface area contributed by atoms with Crippen LogP contribution in [-0.4, -0.2) is 17.1 Å². The van der Waals surface area contributed by atoms with Gasteiger partial charge in [0.25, 0.3) is 0 Å². The molecule has 1 aliphatic heterocycles. The summed E-state index contributed by atoms with van der Waals surface area (Å²) in [6.07, 6.45) is 11.1. The van der Waals surface area contributed by atoms with Gasteiger partial charge in [-0.15, -0.1) is 12.6 Å². The summed E-state index contributed by atoms with van der Waals surface area (Å²) in [6.45, 7) is 10.7. The van der Waals surface area contributed by atoms with Gasteiger partial charge in [-0.2, -0.15) is 9.78 Å². The lowest BCUT2D eigenvalue weighted by Crippen LogP contribution is -2.40. The summed E-state index contributed by atoms with van der Waals surface area (Å²) in [5.41, 5.74) is 0. The lowest BCUT2D eigenvalue weighted by Gasteiger charge is -2.36. The highest BCUT2D eigenvalue weighted by atomic mass is 32.1. The van der Waals surface area contributed by atoms with E-state index in [0.717, 1.165) is 77.0 Å². The molecular weight excluding hydrogens is 376 g/mol. The van der Waals surface area contributed by atoms with E-state index in [2.05, 4.69) is 27.7 Å². The summed E-state index contributed by atoms with van der Waals surface area (Å²) in [5, 5.41) is 0. The molecular formula is C22H42O5S. The molecule has 166 valence electrons. The monoisotopic (exact) mass is 418 g/mol. The Balaban J connectivity index is 2.78. The van der Waals surface area contributed by atoms with Crippen LogP contribution in [0, 0.1) is 11.8 Å². The number of rotatable bonds is 16. The maximum absolute atomic E-state index is 12.7. The van der Waals surface area contributed by atoms with E-state index in [-0.39, 0.29) is 11.8 Å². The van der Waals surface area contributed by atoms with E-state index >= 15 is 0 Å². The number of unbranched alkanes of at least 4 members (excludes halogenated alkanes) is 4. The van der Waals surface area contributed by atoms with Crippen LogP contribution in [-0.2, 0) is 19.2 Å². The van der Waals surface area contributed by atoms with Gasteiger partial charge in [-0.3, -0.25) is 0 Å². The van der Waals surface area contributed by atoms with Gasteiger partial charge >= 0.3 is 12.1 Å². The molecule has 0 bridgehead atoms. The molecule has 3 atom stereocenters. The fourth-order valence-corrected chi connectivity index (χ4v) is 4.37. The summed E-state index contributed by atoms with van der Waals surface area (Å²) in [6, 6.07) is 0. The van der Waals surface area contributed by atoms with Crippen molar-refractivity contribution in [3.8, 4) is 0 Å². The maximum atomic E-state index is 12.7. The molecule has 0 aromatic rings. The Bertz CT molecular complexity index is 441. The zero-order valence-corrected chi connectivity index (χ0v) is 19.5. The summed E-state index contributed by atoms with van der Waals surface area (Å²) in [5.74, 6) is -1.07. The van der Waals surface area contributed by atoms with E-state index < -0.39 is 17.1 Å². The second kappa shape index (κ2) is 13.0. The highest BCUT2D eigenvalue weighted by Gasteiger charge is 2.60. The fraction of sp³-hybridized carbons (Fsp3) is 0.955. The molecule has 0 amide bonds. The van der Waals surface area contributed by atoms with E-state index in [1.807, 2.05) is 6.92 Å². The molecule has 0 aromatic heterocycles. The van der Waals surface area contributed by atoms with Gasteiger partial charge in [-0.05, 0) is 38.5 Å².